The number of amides is 1. The predicted octanol–water partition coefficient (Wildman–Crippen LogP) is 2.06. The normalized spacial score (nSPS) is 18.8. The van der Waals surface area contributed by atoms with Crippen LogP contribution in [0.2, 0.25) is 0 Å². The molecule has 1 fully saturated rings. The molecule has 3 rings (SSSR count). The van der Waals surface area contributed by atoms with Gasteiger partial charge in [-0.1, -0.05) is 11.8 Å². The molecule has 0 aliphatic carbocycles. The zero-order valence-corrected chi connectivity index (χ0v) is 15.1. The van der Waals surface area contributed by atoms with Gasteiger partial charge in [0.05, 0.1) is 22.9 Å². The zero-order valence-electron chi connectivity index (χ0n) is 13.4. The second kappa shape index (κ2) is 7.70. The highest BCUT2D eigenvalue weighted by atomic mass is 32.2. The maximum Gasteiger partial charge on any atom is 0.277 e. The van der Waals surface area contributed by atoms with Gasteiger partial charge < -0.3 is 9.73 Å². The molecule has 0 bridgehead atoms. The first kappa shape index (κ1) is 18.8. The molecule has 1 aliphatic rings. The fourth-order valence-electron chi connectivity index (χ4n) is 2.57. The monoisotopic (exact) mass is 403 g/mol. The van der Waals surface area contributed by atoms with Crippen molar-refractivity contribution in [1.82, 2.24) is 10.2 Å². The van der Waals surface area contributed by atoms with E-state index in [2.05, 4.69) is 15.5 Å². The van der Waals surface area contributed by atoms with Gasteiger partial charge in [-0.15, -0.1) is 10.2 Å². The smallest absolute Gasteiger partial charge is 0.277 e. The van der Waals surface area contributed by atoms with E-state index >= 15 is 0 Å². The van der Waals surface area contributed by atoms with Crippen LogP contribution in [0.4, 0.5) is 14.5 Å². The Morgan fingerprint density at radius 3 is 2.88 bits per heavy atom. The molecule has 2 aromatic rings. The Morgan fingerprint density at radius 2 is 2.15 bits per heavy atom. The van der Waals surface area contributed by atoms with Crippen LogP contribution in [0.5, 0.6) is 0 Å². The Hall–Kier alpha value is -2.01. The number of nitrogens with one attached hydrogen (secondary N) is 1. The van der Waals surface area contributed by atoms with E-state index in [0.29, 0.717) is 18.7 Å². The molecule has 0 saturated carbocycles. The lowest BCUT2D eigenvalue weighted by Gasteiger charge is -2.05. The summed E-state index contributed by atoms with van der Waals surface area (Å²) in [6, 6.07) is 2.76. The van der Waals surface area contributed by atoms with Crippen LogP contribution in [0.15, 0.2) is 27.8 Å². The summed E-state index contributed by atoms with van der Waals surface area (Å²) in [7, 11) is -2.97. The maximum atomic E-state index is 13.5. The van der Waals surface area contributed by atoms with Gasteiger partial charge in [0.25, 0.3) is 5.22 Å². The standard InChI is InChI=1S/C15H15F2N3O4S2/c16-10-1-2-11(17)12(6-10)18-13(21)7-25-15-20-19-14(24-15)5-9-3-4-26(22,23)8-9/h1-2,6,9H,3-5,7-8H2,(H,18,21)/t9-/m0/s1. The summed E-state index contributed by atoms with van der Waals surface area (Å²) in [6.45, 7) is 0. The SMILES string of the molecule is O=C(CSc1nnc(C[C@@H]2CCS(=O)(=O)C2)o1)Nc1cc(F)ccc1F. The summed E-state index contributed by atoms with van der Waals surface area (Å²) in [5, 5.41) is 10.0. The summed E-state index contributed by atoms with van der Waals surface area (Å²) in [5.74, 6) is -1.54. The molecule has 1 atom stereocenters. The lowest BCUT2D eigenvalue weighted by Crippen LogP contribution is -2.15. The first-order valence-electron chi connectivity index (χ1n) is 7.71. The summed E-state index contributed by atoms with van der Waals surface area (Å²) in [6.07, 6.45) is 0.933. The lowest BCUT2D eigenvalue weighted by molar-refractivity contribution is -0.113. The van der Waals surface area contributed by atoms with E-state index in [1.54, 1.807) is 0 Å². The van der Waals surface area contributed by atoms with Crippen LogP contribution in [0.25, 0.3) is 0 Å². The molecule has 1 aliphatic heterocycles. The number of carbonyl (C=O) groups is 1. The highest BCUT2D eigenvalue weighted by Crippen LogP contribution is 2.24. The molecule has 0 unspecified atom stereocenters. The van der Waals surface area contributed by atoms with Gasteiger partial charge in [0.1, 0.15) is 11.6 Å². The van der Waals surface area contributed by atoms with Crippen molar-refractivity contribution in [2.75, 3.05) is 22.6 Å². The molecular weight excluding hydrogens is 388 g/mol. The van der Waals surface area contributed by atoms with Gasteiger partial charge >= 0.3 is 0 Å². The van der Waals surface area contributed by atoms with Crippen LogP contribution in [-0.2, 0) is 21.1 Å². The number of rotatable bonds is 6. The third-order valence-corrected chi connectivity index (χ3v) is 6.42. The summed E-state index contributed by atoms with van der Waals surface area (Å²) in [5.41, 5.74) is -0.246. The lowest BCUT2D eigenvalue weighted by atomic mass is 10.1. The van der Waals surface area contributed by atoms with Gasteiger partial charge in [0.15, 0.2) is 9.84 Å². The van der Waals surface area contributed by atoms with Crippen molar-refractivity contribution in [3.05, 3.63) is 35.7 Å². The fraction of sp³-hybridized carbons (Fsp3) is 0.400. The fourth-order valence-corrected chi connectivity index (χ4v) is 5.01. The molecule has 11 heteroatoms. The third-order valence-electron chi connectivity index (χ3n) is 3.77. The molecular formula is C15H15F2N3O4S2. The summed E-state index contributed by atoms with van der Waals surface area (Å²) in [4.78, 5) is 11.8. The predicted molar refractivity (Wildman–Crippen MR) is 90.5 cm³/mol. The Labute approximate surface area is 152 Å². The van der Waals surface area contributed by atoms with Gasteiger partial charge in [-0.2, -0.15) is 0 Å². The minimum absolute atomic E-state index is 0.0439. The van der Waals surface area contributed by atoms with Gasteiger partial charge in [-0.05, 0) is 24.5 Å². The van der Waals surface area contributed by atoms with E-state index in [1.165, 1.54) is 0 Å². The average molecular weight is 403 g/mol. The molecule has 1 amide bonds. The van der Waals surface area contributed by atoms with E-state index in [9.17, 15) is 22.0 Å². The first-order chi connectivity index (χ1) is 12.3. The summed E-state index contributed by atoms with van der Waals surface area (Å²) < 4.78 is 54.8. The van der Waals surface area contributed by atoms with Gasteiger partial charge in [-0.25, -0.2) is 17.2 Å². The second-order valence-corrected chi connectivity index (χ2v) is 9.05. The van der Waals surface area contributed by atoms with Crippen LogP contribution in [0.3, 0.4) is 0 Å². The molecule has 7 nitrogen and oxygen atoms in total. The molecule has 1 aromatic carbocycles. The minimum atomic E-state index is -2.97. The Kier molecular flexibility index (Phi) is 5.56. The molecule has 0 spiro atoms. The number of hydrogen-bond acceptors (Lipinski definition) is 7. The van der Waals surface area contributed by atoms with Crippen LogP contribution in [0.1, 0.15) is 12.3 Å². The number of anilines is 1. The highest BCUT2D eigenvalue weighted by molar-refractivity contribution is 7.99. The molecule has 1 aromatic heterocycles. The number of nitrogens with zero attached hydrogens (tertiary/aromatic N) is 2. The molecule has 1 saturated heterocycles. The molecule has 2 heterocycles. The summed E-state index contributed by atoms with van der Waals surface area (Å²) >= 11 is 0.950. The van der Waals surface area contributed by atoms with E-state index in [4.69, 9.17) is 4.42 Å². The molecule has 1 N–H and O–H groups in total. The van der Waals surface area contributed by atoms with Crippen molar-refractivity contribution in [3.63, 3.8) is 0 Å². The van der Waals surface area contributed by atoms with Crippen LogP contribution >= 0.6 is 11.8 Å². The average Bonchev–Trinajstić information content (AvgIpc) is 3.15. The van der Waals surface area contributed by atoms with Gasteiger partial charge in [0.2, 0.25) is 11.8 Å². The molecule has 26 heavy (non-hydrogen) atoms. The van der Waals surface area contributed by atoms with E-state index in [1.807, 2.05) is 0 Å². The molecule has 0 radical (unpaired) electrons. The van der Waals surface area contributed by atoms with Crippen LogP contribution < -0.4 is 5.32 Å². The minimum Gasteiger partial charge on any atom is -0.416 e. The Bertz CT molecular complexity index is 917. The maximum absolute atomic E-state index is 13.5. The topological polar surface area (TPSA) is 102 Å². The van der Waals surface area contributed by atoms with Crippen molar-refractivity contribution in [3.8, 4) is 0 Å². The Balaban J connectivity index is 1.50. The zero-order chi connectivity index (χ0) is 18.7. The highest BCUT2D eigenvalue weighted by Gasteiger charge is 2.29. The number of sulfone groups is 1. The van der Waals surface area contributed by atoms with Crippen molar-refractivity contribution in [1.29, 1.82) is 0 Å². The number of halogens is 2. The Morgan fingerprint density at radius 1 is 1.35 bits per heavy atom. The molecule has 140 valence electrons. The van der Waals surface area contributed by atoms with E-state index in [0.717, 1.165) is 30.0 Å². The quantitative estimate of drug-likeness (QED) is 0.737. The van der Waals surface area contributed by atoms with E-state index < -0.39 is 27.4 Å². The van der Waals surface area contributed by atoms with Crippen LogP contribution in [0, 0.1) is 17.6 Å². The van der Waals surface area contributed by atoms with Gasteiger partial charge in [-0.3, -0.25) is 4.79 Å². The number of thioether (sulfide) groups is 1. The van der Waals surface area contributed by atoms with Crippen molar-refractivity contribution in [2.24, 2.45) is 5.92 Å². The van der Waals surface area contributed by atoms with Crippen molar-refractivity contribution < 1.29 is 26.4 Å². The van der Waals surface area contributed by atoms with E-state index in [-0.39, 0.29) is 34.1 Å². The van der Waals surface area contributed by atoms with Crippen LogP contribution in [-0.4, -0.2) is 41.8 Å². The number of hydrogen-bond donors (Lipinski definition) is 1. The van der Waals surface area contributed by atoms with Gasteiger partial charge in [0, 0.05) is 12.5 Å². The third kappa shape index (κ3) is 5.01. The first-order valence-corrected chi connectivity index (χ1v) is 10.5. The van der Waals surface area contributed by atoms with Crippen molar-refractivity contribution >= 4 is 33.2 Å². The number of carbonyl (C=O) groups excluding carboxylic acids is 1. The largest absolute Gasteiger partial charge is 0.416 e. The number of aromatic nitrogens is 2. The second-order valence-electron chi connectivity index (χ2n) is 5.90. The number of benzene rings is 1. The van der Waals surface area contributed by atoms with Crippen molar-refractivity contribution in [2.45, 2.75) is 18.1 Å².